The number of rotatable bonds is 0. The predicted molar refractivity (Wildman–Crippen MR) is 77.2 cm³/mol. The fourth-order valence-electron chi connectivity index (χ4n) is 1.85. The van der Waals surface area contributed by atoms with Gasteiger partial charge in [0, 0.05) is 16.8 Å². The SMILES string of the molecule is C=C1c2ccccc2NC(C)(C)C1Br.CC. The van der Waals surface area contributed by atoms with Crippen molar-refractivity contribution >= 4 is 27.2 Å². The van der Waals surface area contributed by atoms with Crippen molar-refractivity contribution in [1.29, 1.82) is 0 Å². The minimum absolute atomic E-state index is 0.0193. The summed E-state index contributed by atoms with van der Waals surface area (Å²) in [5.74, 6) is 0. The number of nitrogens with one attached hydrogen (secondary N) is 1. The molecule has 1 aromatic carbocycles. The Hall–Kier alpha value is -0.760. The third kappa shape index (κ3) is 2.32. The number of para-hydroxylation sites is 1. The van der Waals surface area contributed by atoms with Crippen LogP contribution in [0.5, 0.6) is 0 Å². The van der Waals surface area contributed by atoms with E-state index < -0.39 is 0 Å². The van der Waals surface area contributed by atoms with Gasteiger partial charge in [0.05, 0.1) is 4.83 Å². The molecule has 1 aliphatic rings. The minimum Gasteiger partial charge on any atom is -0.378 e. The lowest BCUT2D eigenvalue weighted by Gasteiger charge is -2.39. The standard InChI is InChI=1S/C12H14BrN.C2H6/c1-8-9-6-4-5-7-10(9)14-12(2,3)11(8)13;1-2/h4-7,11,14H,1H2,2-3H3;1-2H3. The monoisotopic (exact) mass is 281 g/mol. The van der Waals surface area contributed by atoms with E-state index in [4.69, 9.17) is 0 Å². The maximum absolute atomic E-state index is 4.15. The van der Waals surface area contributed by atoms with Crippen LogP contribution in [-0.2, 0) is 0 Å². The highest BCUT2D eigenvalue weighted by Crippen LogP contribution is 2.40. The second-order valence-corrected chi connectivity index (χ2v) is 5.20. The Morgan fingerprint density at radius 2 is 1.81 bits per heavy atom. The first-order valence-corrected chi connectivity index (χ1v) is 6.64. The van der Waals surface area contributed by atoms with Crippen LogP contribution in [0.25, 0.3) is 5.57 Å². The van der Waals surface area contributed by atoms with Gasteiger partial charge in [0.1, 0.15) is 0 Å². The van der Waals surface area contributed by atoms with Crippen LogP contribution >= 0.6 is 15.9 Å². The lowest BCUT2D eigenvalue weighted by molar-refractivity contribution is 0.594. The van der Waals surface area contributed by atoms with Crippen molar-refractivity contribution in [2.75, 3.05) is 5.32 Å². The first-order valence-electron chi connectivity index (χ1n) is 5.73. The fourth-order valence-corrected chi connectivity index (χ4v) is 2.22. The molecule has 1 N–H and O–H groups in total. The van der Waals surface area contributed by atoms with Gasteiger partial charge in [-0.2, -0.15) is 0 Å². The Morgan fingerprint density at radius 1 is 1.25 bits per heavy atom. The van der Waals surface area contributed by atoms with Crippen molar-refractivity contribution in [2.24, 2.45) is 0 Å². The Kier molecular flexibility index (Phi) is 4.20. The molecule has 0 saturated carbocycles. The molecule has 2 rings (SSSR count). The lowest BCUT2D eigenvalue weighted by atomic mass is 9.86. The van der Waals surface area contributed by atoms with Gasteiger partial charge in [-0.15, -0.1) is 0 Å². The maximum atomic E-state index is 4.15. The van der Waals surface area contributed by atoms with Crippen LogP contribution in [0.4, 0.5) is 5.69 Å². The summed E-state index contributed by atoms with van der Waals surface area (Å²) >= 11 is 3.68. The summed E-state index contributed by atoms with van der Waals surface area (Å²) in [5, 5.41) is 3.51. The molecule has 88 valence electrons. The molecule has 1 unspecified atom stereocenters. The van der Waals surface area contributed by atoms with Gasteiger partial charge in [-0.05, 0) is 25.5 Å². The van der Waals surface area contributed by atoms with E-state index >= 15 is 0 Å². The average Bonchev–Trinajstić information content (AvgIpc) is 2.29. The van der Waals surface area contributed by atoms with Gasteiger partial charge >= 0.3 is 0 Å². The molecule has 1 aromatic rings. The Morgan fingerprint density at radius 3 is 2.44 bits per heavy atom. The highest BCUT2D eigenvalue weighted by Gasteiger charge is 2.34. The smallest absolute Gasteiger partial charge is 0.0620 e. The van der Waals surface area contributed by atoms with Gasteiger partial charge < -0.3 is 5.32 Å². The second-order valence-electron chi connectivity index (χ2n) is 4.28. The molecule has 0 fully saturated rings. The molecular weight excluding hydrogens is 262 g/mol. The molecule has 1 nitrogen and oxygen atoms in total. The van der Waals surface area contributed by atoms with E-state index in [1.54, 1.807) is 0 Å². The van der Waals surface area contributed by atoms with Gasteiger partial charge in [-0.25, -0.2) is 0 Å². The Labute approximate surface area is 107 Å². The van der Waals surface area contributed by atoms with E-state index in [9.17, 15) is 0 Å². The van der Waals surface area contributed by atoms with E-state index in [1.165, 1.54) is 11.3 Å². The van der Waals surface area contributed by atoms with Crippen LogP contribution in [0, 0.1) is 0 Å². The number of anilines is 1. The van der Waals surface area contributed by atoms with Gasteiger partial charge in [-0.1, -0.05) is 54.6 Å². The van der Waals surface area contributed by atoms with E-state index in [-0.39, 0.29) is 10.4 Å². The van der Waals surface area contributed by atoms with Crippen LogP contribution in [0.3, 0.4) is 0 Å². The number of halogens is 1. The zero-order valence-electron chi connectivity index (χ0n) is 10.5. The molecule has 0 spiro atoms. The predicted octanol–water partition coefficient (Wildman–Crippen LogP) is 4.69. The van der Waals surface area contributed by atoms with Crippen molar-refractivity contribution in [3.05, 3.63) is 36.4 Å². The topological polar surface area (TPSA) is 12.0 Å². The summed E-state index contributed by atoms with van der Waals surface area (Å²) in [6, 6.07) is 8.29. The summed E-state index contributed by atoms with van der Waals surface area (Å²) in [7, 11) is 0. The third-order valence-corrected chi connectivity index (χ3v) is 4.37. The molecule has 0 radical (unpaired) electrons. The number of hydrogen-bond donors (Lipinski definition) is 1. The van der Waals surface area contributed by atoms with Gasteiger partial charge in [0.2, 0.25) is 0 Å². The van der Waals surface area contributed by atoms with Crippen molar-refractivity contribution in [3.8, 4) is 0 Å². The molecule has 0 aliphatic carbocycles. The summed E-state index contributed by atoms with van der Waals surface area (Å²) in [6.45, 7) is 12.5. The normalized spacial score (nSPS) is 21.3. The maximum Gasteiger partial charge on any atom is 0.0620 e. The van der Waals surface area contributed by atoms with Crippen LogP contribution in [0.15, 0.2) is 30.8 Å². The summed E-state index contributed by atoms with van der Waals surface area (Å²) in [6.07, 6.45) is 0. The summed E-state index contributed by atoms with van der Waals surface area (Å²) in [4.78, 5) is 0.282. The van der Waals surface area contributed by atoms with E-state index in [0.717, 1.165) is 5.57 Å². The highest BCUT2D eigenvalue weighted by atomic mass is 79.9. The molecule has 1 heterocycles. The number of hydrogen-bond acceptors (Lipinski definition) is 1. The zero-order valence-corrected chi connectivity index (χ0v) is 12.1. The van der Waals surface area contributed by atoms with Crippen LogP contribution in [-0.4, -0.2) is 10.4 Å². The Balaban J connectivity index is 0.000000606. The first-order chi connectivity index (χ1) is 7.52. The zero-order chi connectivity index (χ0) is 12.3. The number of fused-ring (bicyclic) bond motifs is 1. The van der Waals surface area contributed by atoms with Crippen molar-refractivity contribution in [1.82, 2.24) is 0 Å². The van der Waals surface area contributed by atoms with Crippen LogP contribution in [0.2, 0.25) is 0 Å². The second kappa shape index (κ2) is 5.05. The molecule has 1 atom stereocenters. The van der Waals surface area contributed by atoms with Gasteiger partial charge in [0.15, 0.2) is 0 Å². The summed E-state index contributed by atoms with van der Waals surface area (Å²) < 4.78 is 0. The quantitative estimate of drug-likeness (QED) is 0.680. The van der Waals surface area contributed by atoms with Crippen molar-refractivity contribution < 1.29 is 0 Å². The largest absolute Gasteiger partial charge is 0.378 e. The van der Waals surface area contributed by atoms with E-state index in [0.29, 0.717) is 0 Å². The molecule has 1 aliphatic heterocycles. The molecule has 0 saturated heterocycles. The van der Waals surface area contributed by atoms with E-state index in [1.807, 2.05) is 26.0 Å². The number of benzene rings is 1. The molecular formula is C14H20BrN. The third-order valence-electron chi connectivity index (χ3n) is 2.67. The van der Waals surface area contributed by atoms with Crippen LogP contribution in [0.1, 0.15) is 33.3 Å². The van der Waals surface area contributed by atoms with E-state index in [2.05, 4.69) is 53.8 Å². The number of alkyl halides is 1. The van der Waals surface area contributed by atoms with Crippen LogP contribution < -0.4 is 5.32 Å². The fraction of sp³-hybridized carbons (Fsp3) is 0.429. The molecule has 16 heavy (non-hydrogen) atoms. The molecule has 0 amide bonds. The molecule has 0 bridgehead atoms. The molecule has 2 heteroatoms. The summed E-state index contributed by atoms with van der Waals surface area (Å²) in [5.41, 5.74) is 3.57. The minimum atomic E-state index is 0.0193. The Bertz CT molecular complexity index is 382. The van der Waals surface area contributed by atoms with Gasteiger partial charge in [0.25, 0.3) is 0 Å². The highest BCUT2D eigenvalue weighted by molar-refractivity contribution is 9.09. The lowest BCUT2D eigenvalue weighted by Crippen LogP contribution is -2.44. The van der Waals surface area contributed by atoms with Crippen molar-refractivity contribution in [3.63, 3.8) is 0 Å². The average molecular weight is 282 g/mol. The van der Waals surface area contributed by atoms with Gasteiger partial charge in [-0.3, -0.25) is 0 Å². The molecule has 0 aromatic heterocycles. The van der Waals surface area contributed by atoms with Crippen molar-refractivity contribution in [2.45, 2.75) is 38.1 Å². The first kappa shape index (κ1) is 13.3.